The summed E-state index contributed by atoms with van der Waals surface area (Å²) in [6.45, 7) is 5.94. The van der Waals surface area contributed by atoms with E-state index >= 15 is 0 Å². The van der Waals surface area contributed by atoms with Crippen molar-refractivity contribution in [2.45, 2.75) is 38.7 Å². The fourth-order valence-electron chi connectivity index (χ4n) is 2.41. The smallest absolute Gasteiger partial charge is 0.123 e. The number of hydrogen-bond acceptors (Lipinski definition) is 1. The number of aliphatic hydroxyl groups excluding tert-OH is 1. The van der Waals surface area contributed by atoms with E-state index in [1.807, 2.05) is 51.1 Å². The molecule has 1 atom stereocenters. The molecular formula is C18H21FO. The first-order valence-electron chi connectivity index (χ1n) is 6.90. The van der Waals surface area contributed by atoms with Gasteiger partial charge in [-0.3, -0.25) is 0 Å². The highest BCUT2D eigenvalue weighted by atomic mass is 19.1. The Morgan fingerprint density at radius 1 is 1.10 bits per heavy atom. The SMILES string of the molecule is Cc1cc(F)ccc1CC(O)C(C)(C)c1ccccc1. The van der Waals surface area contributed by atoms with E-state index in [0.717, 1.165) is 16.7 Å². The lowest BCUT2D eigenvalue weighted by Gasteiger charge is -2.31. The van der Waals surface area contributed by atoms with Crippen LogP contribution in [0.4, 0.5) is 4.39 Å². The predicted octanol–water partition coefficient (Wildman–Crippen LogP) is 4.02. The van der Waals surface area contributed by atoms with Crippen molar-refractivity contribution in [2.75, 3.05) is 0 Å². The monoisotopic (exact) mass is 272 g/mol. The molecule has 0 aliphatic heterocycles. The second kappa shape index (κ2) is 5.76. The summed E-state index contributed by atoms with van der Waals surface area (Å²) in [7, 11) is 0. The molecule has 0 aliphatic carbocycles. The van der Waals surface area contributed by atoms with Gasteiger partial charge in [-0.2, -0.15) is 0 Å². The van der Waals surface area contributed by atoms with Gasteiger partial charge in [0.05, 0.1) is 6.10 Å². The molecule has 0 saturated heterocycles. The molecule has 0 amide bonds. The van der Waals surface area contributed by atoms with Gasteiger partial charge in [0.2, 0.25) is 0 Å². The van der Waals surface area contributed by atoms with Gasteiger partial charge in [0.15, 0.2) is 0 Å². The number of aryl methyl sites for hydroxylation is 1. The van der Waals surface area contributed by atoms with Crippen LogP contribution in [0.25, 0.3) is 0 Å². The van der Waals surface area contributed by atoms with Gasteiger partial charge in [0.1, 0.15) is 5.82 Å². The average molecular weight is 272 g/mol. The Hall–Kier alpha value is -1.67. The van der Waals surface area contributed by atoms with Crippen LogP contribution in [0, 0.1) is 12.7 Å². The minimum absolute atomic E-state index is 0.233. The van der Waals surface area contributed by atoms with Gasteiger partial charge in [0, 0.05) is 5.41 Å². The van der Waals surface area contributed by atoms with Gasteiger partial charge in [-0.05, 0) is 42.2 Å². The van der Waals surface area contributed by atoms with E-state index in [1.54, 1.807) is 6.07 Å². The third-order valence-electron chi connectivity index (χ3n) is 4.07. The van der Waals surface area contributed by atoms with Crippen molar-refractivity contribution >= 4 is 0 Å². The van der Waals surface area contributed by atoms with E-state index in [4.69, 9.17) is 0 Å². The molecular weight excluding hydrogens is 251 g/mol. The van der Waals surface area contributed by atoms with Crippen molar-refractivity contribution in [1.29, 1.82) is 0 Å². The molecule has 0 fully saturated rings. The third-order valence-corrected chi connectivity index (χ3v) is 4.07. The molecule has 106 valence electrons. The Morgan fingerprint density at radius 3 is 2.35 bits per heavy atom. The average Bonchev–Trinajstić information content (AvgIpc) is 2.42. The summed E-state index contributed by atoms with van der Waals surface area (Å²) in [4.78, 5) is 0. The fraction of sp³-hybridized carbons (Fsp3) is 0.333. The van der Waals surface area contributed by atoms with Gasteiger partial charge in [-0.1, -0.05) is 50.2 Å². The third kappa shape index (κ3) is 3.07. The Morgan fingerprint density at radius 2 is 1.75 bits per heavy atom. The highest BCUT2D eigenvalue weighted by Gasteiger charge is 2.29. The van der Waals surface area contributed by atoms with Gasteiger partial charge in [0.25, 0.3) is 0 Å². The molecule has 2 rings (SSSR count). The molecule has 1 unspecified atom stereocenters. The molecule has 1 nitrogen and oxygen atoms in total. The van der Waals surface area contributed by atoms with E-state index in [0.29, 0.717) is 6.42 Å². The normalized spacial score (nSPS) is 13.2. The van der Waals surface area contributed by atoms with E-state index in [1.165, 1.54) is 12.1 Å². The van der Waals surface area contributed by atoms with Crippen LogP contribution in [-0.4, -0.2) is 11.2 Å². The van der Waals surface area contributed by atoms with Gasteiger partial charge in [-0.25, -0.2) is 4.39 Å². The lowest BCUT2D eigenvalue weighted by Crippen LogP contribution is -2.35. The first kappa shape index (κ1) is 14.7. The summed E-state index contributed by atoms with van der Waals surface area (Å²) in [5, 5.41) is 10.6. The molecule has 0 bridgehead atoms. The van der Waals surface area contributed by atoms with Crippen LogP contribution in [0.3, 0.4) is 0 Å². The van der Waals surface area contributed by atoms with E-state index < -0.39 is 6.10 Å². The van der Waals surface area contributed by atoms with Crippen molar-refractivity contribution in [3.63, 3.8) is 0 Å². The largest absolute Gasteiger partial charge is 0.392 e. The first-order chi connectivity index (χ1) is 9.41. The zero-order chi connectivity index (χ0) is 14.8. The molecule has 0 aliphatic rings. The van der Waals surface area contributed by atoms with Crippen LogP contribution in [0.1, 0.15) is 30.5 Å². The topological polar surface area (TPSA) is 20.2 Å². The number of halogens is 1. The molecule has 2 heteroatoms. The molecule has 1 N–H and O–H groups in total. The zero-order valence-corrected chi connectivity index (χ0v) is 12.2. The Labute approximate surface area is 120 Å². The van der Waals surface area contributed by atoms with Crippen molar-refractivity contribution in [3.8, 4) is 0 Å². The summed E-state index contributed by atoms with van der Waals surface area (Å²) in [5.41, 5.74) is 2.63. The molecule has 0 aromatic heterocycles. The maximum Gasteiger partial charge on any atom is 0.123 e. The molecule has 0 heterocycles. The van der Waals surface area contributed by atoms with E-state index in [9.17, 15) is 9.50 Å². The summed E-state index contributed by atoms with van der Waals surface area (Å²) in [5.74, 6) is -0.233. The summed E-state index contributed by atoms with van der Waals surface area (Å²) in [6.07, 6.45) is 0.00245. The van der Waals surface area contributed by atoms with E-state index in [-0.39, 0.29) is 11.2 Å². The van der Waals surface area contributed by atoms with Crippen LogP contribution < -0.4 is 0 Å². The minimum atomic E-state index is -0.519. The van der Waals surface area contributed by atoms with Crippen LogP contribution in [-0.2, 0) is 11.8 Å². The van der Waals surface area contributed by atoms with E-state index in [2.05, 4.69) is 0 Å². The quantitative estimate of drug-likeness (QED) is 0.891. The molecule has 2 aromatic rings. The molecule has 20 heavy (non-hydrogen) atoms. The van der Waals surface area contributed by atoms with Gasteiger partial charge >= 0.3 is 0 Å². The highest BCUT2D eigenvalue weighted by Crippen LogP contribution is 2.29. The summed E-state index contributed by atoms with van der Waals surface area (Å²) >= 11 is 0. The van der Waals surface area contributed by atoms with Gasteiger partial charge in [-0.15, -0.1) is 0 Å². The van der Waals surface area contributed by atoms with Crippen molar-refractivity contribution < 1.29 is 9.50 Å². The molecule has 0 radical (unpaired) electrons. The second-order valence-corrected chi connectivity index (χ2v) is 5.88. The number of rotatable bonds is 4. The lowest BCUT2D eigenvalue weighted by molar-refractivity contribution is 0.0998. The fourth-order valence-corrected chi connectivity index (χ4v) is 2.41. The van der Waals surface area contributed by atoms with Crippen molar-refractivity contribution in [1.82, 2.24) is 0 Å². The van der Waals surface area contributed by atoms with Crippen molar-refractivity contribution in [2.24, 2.45) is 0 Å². The van der Waals surface area contributed by atoms with Crippen LogP contribution >= 0.6 is 0 Å². The van der Waals surface area contributed by atoms with Crippen molar-refractivity contribution in [3.05, 3.63) is 71.0 Å². The van der Waals surface area contributed by atoms with Crippen LogP contribution in [0.5, 0.6) is 0 Å². The maximum absolute atomic E-state index is 13.1. The first-order valence-corrected chi connectivity index (χ1v) is 6.90. The van der Waals surface area contributed by atoms with Crippen LogP contribution in [0.15, 0.2) is 48.5 Å². The number of aliphatic hydroxyl groups is 1. The Bertz CT molecular complexity index is 575. The Balaban J connectivity index is 2.21. The standard InChI is InChI=1S/C18H21FO/c1-13-11-16(19)10-9-14(13)12-17(20)18(2,3)15-7-5-4-6-8-15/h4-11,17,20H,12H2,1-3H3. The predicted molar refractivity (Wildman–Crippen MR) is 80.3 cm³/mol. The maximum atomic E-state index is 13.1. The second-order valence-electron chi connectivity index (χ2n) is 5.88. The Kier molecular flexibility index (Phi) is 4.24. The molecule has 2 aromatic carbocycles. The molecule has 0 spiro atoms. The summed E-state index contributed by atoms with van der Waals surface area (Å²) in [6, 6.07) is 14.7. The molecule has 0 saturated carbocycles. The summed E-state index contributed by atoms with van der Waals surface area (Å²) < 4.78 is 13.1. The lowest BCUT2D eigenvalue weighted by atomic mass is 9.77. The van der Waals surface area contributed by atoms with Crippen LogP contribution in [0.2, 0.25) is 0 Å². The zero-order valence-electron chi connectivity index (χ0n) is 12.2. The van der Waals surface area contributed by atoms with Gasteiger partial charge < -0.3 is 5.11 Å². The highest BCUT2D eigenvalue weighted by molar-refractivity contribution is 5.30. The number of hydrogen-bond donors (Lipinski definition) is 1. The minimum Gasteiger partial charge on any atom is -0.392 e. The number of benzene rings is 2.